The zero-order valence-electron chi connectivity index (χ0n) is 12.2. The van der Waals surface area contributed by atoms with Crippen LogP contribution in [0.25, 0.3) is 0 Å². The third kappa shape index (κ3) is 3.96. The molecule has 0 heterocycles. The van der Waals surface area contributed by atoms with Gasteiger partial charge in [-0.05, 0) is 18.4 Å². The van der Waals surface area contributed by atoms with Crippen molar-refractivity contribution in [3.05, 3.63) is 35.9 Å². The zero-order valence-corrected chi connectivity index (χ0v) is 12.2. The molecule has 0 N–H and O–H groups in total. The smallest absolute Gasteiger partial charge is 0.355 e. The fourth-order valence-electron chi connectivity index (χ4n) is 2.69. The second-order valence-corrected chi connectivity index (χ2v) is 5.29. The van der Waals surface area contributed by atoms with E-state index in [1.54, 1.807) is 0 Å². The lowest BCUT2D eigenvalue weighted by molar-refractivity contribution is -0.174. The Morgan fingerprint density at radius 2 is 1.71 bits per heavy atom. The van der Waals surface area contributed by atoms with Gasteiger partial charge in [-0.2, -0.15) is 13.2 Å². The number of ether oxygens (including phenoxy) is 2. The van der Waals surface area contributed by atoms with E-state index < -0.39 is 24.6 Å². The minimum Gasteiger partial charge on any atom is -0.355 e. The maximum absolute atomic E-state index is 12.9. The van der Waals surface area contributed by atoms with Gasteiger partial charge in [0.05, 0.1) is 13.1 Å². The Morgan fingerprint density at radius 3 is 2.14 bits per heavy atom. The summed E-state index contributed by atoms with van der Waals surface area (Å²) in [7, 11) is 2.87. The van der Waals surface area contributed by atoms with Crippen LogP contribution in [0.15, 0.2) is 30.3 Å². The lowest BCUT2D eigenvalue weighted by atomic mass is 10.0. The maximum atomic E-state index is 12.9. The second-order valence-electron chi connectivity index (χ2n) is 5.29. The van der Waals surface area contributed by atoms with Crippen molar-refractivity contribution in [1.29, 1.82) is 0 Å². The number of benzene rings is 1. The van der Waals surface area contributed by atoms with Gasteiger partial charge in [0.2, 0.25) is 0 Å². The monoisotopic (exact) mass is 303 g/mol. The van der Waals surface area contributed by atoms with Crippen molar-refractivity contribution in [2.75, 3.05) is 27.3 Å². The standard InChI is InChI=1S/C15H20F3NO2/c1-20-13(21-2)10-19(11-15(16,17)18)14(8-9-14)12-6-4-3-5-7-12/h3-7,13H,8-11H2,1-2H3. The molecule has 1 aliphatic carbocycles. The third-order valence-corrected chi connectivity index (χ3v) is 3.91. The van der Waals surface area contributed by atoms with Crippen molar-refractivity contribution in [1.82, 2.24) is 4.90 Å². The van der Waals surface area contributed by atoms with E-state index in [9.17, 15) is 13.2 Å². The molecule has 0 saturated heterocycles. The van der Waals surface area contributed by atoms with Gasteiger partial charge in [0.1, 0.15) is 0 Å². The molecule has 1 aliphatic rings. The predicted molar refractivity (Wildman–Crippen MR) is 72.8 cm³/mol. The normalized spacial score (nSPS) is 17.5. The van der Waals surface area contributed by atoms with Gasteiger partial charge in [-0.15, -0.1) is 0 Å². The average molecular weight is 303 g/mol. The van der Waals surface area contributed by atoms with Crippen molar-refractivity contribution in [2.24, 2.45) is 0 Å². The van der Waals surface area contributed by atoms with E-state index in [2.05, 4.69) is 0 Å². The van der Waals surface area contributed by atoms with Gasteiger partial charge in [-0.3, -0.25) is 4.90 Å². The van der Waals surface area contributed by atoms with E-state index in [4.69, 9.17) is 9.47 Å². The summed E-state index contributed by atoms with van der Waals surface area (Å²) in [6, 6.07) is 9.33. The quantitative estimate of drug-likeness (QED) is 0.722. The van der Waals surface area contributed by atoms with E-state index in [0.717, 1.165) is 5.56 Å². The third-order valence-electron chi connectivity index (χ3n) is 3.91. The van der Waals surface area contributed by atoms with Crippen molar-refractivity contribution in [2.45, 2.75) is 30.8 Å². The minimum absolute atomic E-state index is 0.0847. The maximum Gasteiger partial charge on any atom is 0.401 e. The van der Waals surface area contributed by atoms with Crippen LogP contribution >= 0.6 is 0 Å². The van der Waals surface area contributed by atoms with Gasteiger partial charge in [0, 0.05) is 19.8 Å². The molecule has 0 bridgehead atoms. The number of alkyl halides is 3. The molecule has 1 saturated carbocycles. The van der Waals surface area contributed by atoms with Crippen LogP contribution in [-0.4, -0.2) is 44.7 Å². The van der Waals surface area contributed by atoms with Gasteiger partial charge in [-0.25, -0.2) is 0 Å². The van der Waals surface area contributed by atoms with Gasteiger partial charge >= 0.3 is 6.18 Å². The molecule has 0 unspecified atom stereocenters. The fraction of sp³-hybridized carbons (Fsp3) is 0.600. The van der Waals surface area contributed by atoms with Crippen molar-refractivity contribution >= 4 is 0 Å². The molecule has 0 aliphatic heterocycles. The highest BCUT2D eigenvalue weighted by Crippen LogP contribution is 2.51. The van der Waals surface area contributed by atoms with Crippen molar-refractivity contribution < 1.29 is 22.6 Å². The number of hydrogen-bond donors (Lipinski definition) is 0. The molecule has 1 aromatic rings. The largest absolute Gasteiger partial charge is 0.401 e. The molecule has 3 nitrogen and oxygen atoms in total. The fourth-order valence-corrected chi connectivity index (χ4v) is 2.69. The summed E-state index contributed by atoms with van der Waals surface area (Å²) in [6.07, 6.45) is -3.50. The number of methoxy groups -OCH3 is 2. The molecule has 0 aromatic heterocycles. The summed E-state index contributed by atoms with van der Waals surface area (Å²) in [5, 5.41) is 0. The first kappa shape index (κ1) is 16.3. The molecule has 6 heteroatoms. The van der Waals surface area contributed by atoms with E-state index in [-0.39, 0.29) is 6.54 Å². The molecular weight excluding hydrogens is 283 g/mol. The number of rotatable bonds is 7. The van der Waals surface area contributed by atoms with Crippen molar-refractivity contribution in [3.63, 3.8) is 0 Å². The van der Waals surface area contributed by atoms with Gasteiger partial charge in [0.25, 0.3) is 0 Å². The van der Waals surface area contributed by atoms with Crippen LogP contribution in [0.3, 0.4) is 0 Å². The van der Waals surface area contributed by atoms with E-state index in [0.29, 0.717) is 12.8 Å². The highest BCUT2D eigenvalue weighted by atomic mass is 19.4. The van der Waals surface area contributed by atoms with Gasteiger partial charge < -0.3 is 9.47 Å². The van der Waals surface area contributed by atoms with E-state index in [1.165, 1.54) is 19.1 Å². The summed E-state index contributed by atoms with van der Waals surface area (Å²) in [6.45, 7) is -0.882. The molecule has 0 amide bonds. The van der Waals surface area contributed by atoms with Crippen LogP contribution in [-0.2, 0) is 15.0 Å². The molecule has 21 heavy (non-hydrogen) atoms. The lowest BCUT2D eigenvalue weighted by Gasteiger charge is -2.34. The molecular formula is C15H20F3NO2. The molecule has 1 aromatic carbocycles. The Morgan fingerprint density at radius 1 is 1.14 bits per heavy atom. The SMILES string of the molecule is COC(CN(CC(F)(F)F)C1(c2ccccc2)CC1)OC. The van der Waals surface area contributed by atoms with Crippen LogP contribution in [0.5, 0.6) is 0 Å². The summed E-state index contributed by atoms with van der Waals surface area (Å²) >= 11 is 0. The number of hydrogen-bond acceptors (Lipinski definition) is 3. The topological polar surface area (TPSA) is 21.7 Å². The average Bonchev–Trinajstić information content (AvgIpc) is 3.25. The number of nitrogens with zero attached hydrogens (tertiary/aromatic N) is 1. The first-order chi connectivity index (χ1) is 9.91. The lowest BCUT2D eigenvalue weighted by Crippen LogP contribution is -2.46. The van der Waals surface area contributed by atoms with Gasteiger partial charge in [0.15, 0.2) is 6.29 Å². The first-order valence-electron chi connectivity index (χ1n) is 6.84. The number of halogens is 3. The first-order valence-corrected chi connectivity index (χ1v) is 6.84. The summed E-state index contributed by atoms with van der Waals surface area (Å²) in [5.41, 5.74) is 0.367. The molecule has 1 fully saturated rings. The Labute approximate surface area is 122 Å². The Balaban J connectivity index is 2.22. The molecule has 0 spiro atoms. The highest BCUT2D eigenvalue weighted by molar-refractivity contribution is 5.30. The van der Waals surface area contributed by atoms with Gasteiger partial charge in [-0.1, -0.05) is 30.3 Å². The minimum atomic E-state index is -4.25. The molecule has 0 radical (unpaired) electrons. The predicted octanol–water partition coefficient (Wildman–Crippen LogP) is 3.16. The van der Waals surface area contributed by atoms with Crippen LogP contribution in [0.1, 0.15) is 18.4 Å². The summed E-state index contributed by atoms with van der Waals surface area (Å²) in [5.74, 6) is 0. The highest BCUT2D eigenvalue weighted by Gasteiger charge is 2.52. The van der Waals surface area contributed by atoms with Crippen molar-refractivity contribution in [3.8, 4) is 0 Å². The Kier molecular flexibility index (Phi) is 4.91. The second kappa shape index (κ2) is 6.34. The molecule has 118 valence electrons. The van der Waals surface area contributed by atoms with Crippen LogP contribution in [0.2, 0.25) is 0 Å². The van der Waals surface area contributed by atoms with E-state index in [1.807, 2.05) is 30.3 Å². The summed E-state index contributed by atoms with van der Waals surface area (Å²) in [4.78, 5) is 1.43. The zero-order chi connectivity index (χ0) is 15.5. The Hall–Kier alpha value is -1.11. The van der Waals surface area contributed by atoms with Crippen LogP contribution < -0.4 is 0 Å². The van der Waals surface area contributed by atoms with Crippen LogP contribution in [0, 0.1) is 0 Å². The summed E-state index contributed by atoms with van der Waals surface area (Å²) < 4.78 is 48.9. The molecule has 2 rings (SSSR count). The Bertz CT molecular complexity index is 442. The van der Waals surface area contributed by atoms with Crippen LogP contribution in [0.4, 0.5) is 13.2 Å². The van der Waals surface area contributed by atoms with E-state index >= 15 is 0 Å². The molecule has 0 atom stereocenters.